The molecule has 4 aromatic rings. The van der Waals surface area contributed by atoms with E-state index in [0.717, 1.165) is 34.6 Å². The molecule has 0 saturated carbocycles. The average Bonchev–Trinajstić information content (AvgIpc) is 3.49. The molecule has 0 bridgehead atoms. The van der Waals surface area contributed by atoms with Crippen molar-refractivity contribution in [1.29, 1.82) is 0 Å². The molecule has 1 aliphatic rings. The third-order valence-electron chi connectivity index (χ3n) is 6.09. The van der Waals surface area contributed by atoms with Crippen molar-refractivity contribution < 1.29 is 9.53 Å². The lowest BCUT2D eigenvalue weighted by atomic mass is 9.94. The van der Waals surface area contributed by atoms with Gasteiger partial charge in [0.1, 0.15) is 22.7 Å². The minimum Gasteiger partial charge on any atom is -0.491 e. The molecule has 4 heterocycles. The quantitative estimate of drug-likeness (QED) is 0.420. The molecule has 34 heavy (non-hydrogen) atoms. The SMILES string of the molecule is CC(C)(C)c1cc2c(N3CCN(C(=O)CCCOc4cccc5[nH]nnc45)CC3)ncnc2s1. The van der Waals surface area contributed by atoms with Gasteiger partial charge in [-0.2, -0.15) is 0 Å². The van der Waals surface area contributed by atoms with Gasteiger partial charge in [-0.15, -0.1) is 16.4 Å². The molecule has 9 nitrogen and oxygen atoms in total. The molecule has 5 rings (SSSR count). The Hall–Kier alpha value is -3.27. The van der Waals surface area contributed by atoms with Gasteiger partial charge in [0.15, 0.2) is 5.52 Å². The zero-order valence-corrected chi connectivity index (χ0v) is 20.6. The molecule has 1 amide bonds. The number of carbonyl (C=O) groups is 1. The molecule has 1 aliphatic heterocycles. The maximum absolute atomic E-state index is 12.8. The lowest BCUT2D eigenvalue weighted by molar-refractivity contribution is -0.131. The summed E-state index contributed by atoms with van der Waals surface area (Å²) in [4.78, 5) is 28.4. The van der Waals surface area contributed by atoms with Crippen molar-refractivity contribution in [2.45, 2.75) is 39.0 Å². The number of nitrogens with zero attached hydrogens (tertiary/aromatic N) is 6. The van der Waals surface area contributed by atoms with E-state index in [2.05, 4.69) is 57.1 Å². The summed E-state index contributed by atoms with van der Waals surface area (Å²) < 4.78 is 5.84. The molecule has 10 heteroatoms. The highest BCUT2D eigenvalue weighted by molar-refractivity contribution is 7.18. The lowest BCUT2D eigenvalue weighted by Gasteiger charge is -2.35. The van der Waals surface area contributed by atoms with E-state index in [9.17, 15) is 4.79 Å². The van der Waals surface area contributed by atoms with Gasteiger partial charge in [0, 0.05) is 37.5 Å². The smallest absolute Gasteiger partial charge is 0.222 e. The molecule has 0 aliphatic carbocycles. The van der Waals surface area contributed by atoms with E-state index >= 15 is 0 Å². The number of rotatable bonds is 6. The summed E-state index contributed by atoms with van der Waals surface area (Å²) in [6.45, 7) is 10.0. The van der Waals surface area contributed by atoms with Crippen molar-refractivity contribution in [2.24, 2.45) is 0 Å². The van der Waals surface area contributed by atoms with Crippen LogP contribution in [-0.4, -0.2) is 69.0 Å². The Morgan fingerprint density at radius 2 is 2.00 bits per heavy atom. The summed E-state index contributed by atoms with van der Waals surface area (Å²) in [6, 6.07) is 7.90. The van der Waals surface area contributed by atoms with Gasteiger partial charge in [-0.1, -0.05) is 32.1 Å². The van der Waals surface area contributed by atoms with Crippen LogP contribution in [0.1, 0.15) is 38.5 Å². The molecular weight excluding hydrogens is 450 g/mol. The highest BCUT2D eigenvalue weighted by atomic mass is 32.1. The van der Waals surface area contributed by atoms with Crippen LogP contribution in [0.3, 0.4) is 0 Å². The van der Waals surface area contributed by atoms with Crippen molar-refractivity contribution >= 4 is 44.3 Å². The molecule has 3 aromatic heterocycles. The predicted molar refractivity (Wildman–Crippen MR) is 134 cm³/mol. The Balaban J connectivity index is 1.14. The lowest BCUT2D eigenvalue weighted by Crippen LogP contribution is -2.49. The topological polar surface area (TPSA) is 100 Å². The number of aromatic amines is 1. The van der Waals surface area contributed by atoms with Crippen LogP contribution in [0.15, 0.2) is 30.6 Å². The predicted octanol–water partition coefficient (Wildman–Crippen LogP) is 3.77. The summed E-state index contributed by atoms with van der Waals surface area (Å²) in [5.74, 6) is 1.83. The fraction of sp³-hybridized carbons (Fsp3) is 0.458. The van der Waals surface area contributed by atoms with E-state index in [1.807, 2.05) is 23.1 Å². The van der Waals surface area contributed by atoms with E-state index in [1.165, 1.54) is 4.88 Å². The highest BCUT2D eigenvalue weighted by Crippen LogP contribution is 2.36. The van der Waals surface area contributed by atoms with Gasteiger partial charge in [0.2, 0.25) is 5.91 Å². The third kappa shape index (κ3) is 4.54. The summed E-state index contributed by atoms with van der Waals surface area (Å²) >= 11 is 1.74. The van der Waals surface area contributed by atoms with Crippen LogP contribution < -0.4 is 9.64 Å². The molecule has 1 fully saturated rings. The summed E-state index contributed by atoms with van der Waals surface area (Å²) in [7, 11) is 0. The van der Waals surface area contributed by atoms with E-state index in [-0.39, 0.29) is 11.3 Å². The molecule has 1 aromatic carbocycles. The van der Waals surface area contributed by atoms with E-state index in [0.29, 0.717) is 43.8 Å². The van der Waals surface area contributed by atoms with Crippen LogP contribution >= 0.6 is 11.3 Å². The largest absolute Gasteiger partial charge is 0.491 e. The molecule has 1 N–H and O–H groups in total. The molecule has 0 spiro atoms. The Morgan fingerprint density at radius 3 is 2.79 bits per heavy atom. The Morgan fingerprint density at radius 1 is 1.18 bits per heavy atom. The Kier molecular flexibility index (Phi) is 6.07. The number of aromatic nitrogens is 5. The second-order valence-electron chi connectivity index (χ2n) is 9.56. The number of thiophene rings is 1. The van der Waals surface area contributed by atoms with Crippen molar-refractivity contribution in [2.75, 3.05) is 37.7 Å². The number of hydrogen-bond donors (Lipinski definition) is 1. The first-order valence-electron chi connectivity index (χ1n) is 11.6. The number of piperazine rings is 1. The van der Waals surface area contributed by atoms with Crippen molar-refractivity contribution in [3.63, 3.8) is 0 Å². The van der Waals surface area contributed by atoms with Gasteiger partial charge in [0.05, 0.1) is 17.5 Å². The first kappa shape index (κ1) is 22.5. The molecule has 0 atom stereocenters. The zero-order chi connectivity index (χ0) is 23.7. The van der Waals surface area contributed by atoms with E-state index in [4.69, 9.17) is 4.74 Å². The van der Waals surface area contributed by atoms with Crippen LogP contribution in [0.25, 0.3) is 21.3 Å². The normalized spacial score (nSPS) is 14.8. The first-order valence-corrected chi connectivity index (χ1v) is 12.4. The first-order chi connectivity index (χ1) is 16.4. The summed E-state index contributed by atoms with van der Waals surface area (Å²) in [5.41, 5.74) is 1.63. The minimum absolute atomic E-state index is 0.0824. The maximum Gasteiger partial charge on any atom is 0.222 e. The molecular formula is C24H29N7O2S. The number of amides is 1. The fourth-order valence-electron chi connectivity index (χ4n) is 4.16. The molecule has 0 unspecified atom stereocenters. The van der Waals surface area contributed by atoms with E-state index < -0.39 is 0 Å². The maximum atomic E-state index is 12.8. The summed E-state index contributed by atoms with van der Waals surface area (Å²) in [5, 5.41) is 11.8. The molecule has 1 saturated heterocycles. The number of H-pyrrole nitrogens is 1. The van der Waals surface area contributed by atoms with Crippen LogP contribution in [0.2, 0.25) is 0 Å². The van der Waals surface area contributed by atoms with Gasteiger partial charge in [-0.3, -0.25) is 9.89 Å². The van der Waals surface area contributed by atoms with Crippen molar-refractivity contribution in [1.82, 2.24) is 30.3 Å². The number of nitrogens with one attached hydrogen (secondary N) is 1. The Labute approximate surface area is 202 Å². The minimum atomic E-state index is 0.0824. The van der Waals surface area contributed by atoms with Gasteiger partial charge in [0.25, 0.3) is 0 Å². The van der Waals surface area contributed by atoms with Crippen LogP contribution in [0.5, 0.6) is 5.75 Å². The second kappa shape index (κ2) is 9.17. The third-order valence-corrected chi connectivity index (χ3v) is 7.56. The van der Waals surface area contributed by atoms with Gasteiger partial charge in [-0.05, 0) is 30.0 Å². The second-order valence-corrected chi connectivity index (χ2v) is 10.6. The number of carbonyl (C=O) groups excluding carboxylic acids is 1. The van der Waals surface area contributed by atoms with Gasteiger partial charge in [-0.25, -0.2) is 9.97 Å². The number of anilines is 1. The van der Waals surface area contributed by atoms with Crippen molar-refractivity contribution in [3.05, 3.63) is 35.5 Å². The number of fused-ring (bicyclic) bond motifs is 2. The van der Waals surface area contributed by atoms with Gasteiger partial charge >= 0.3 is 0 Å². The Bertz CT molecular complexity index is 1300. The zero-order valence-electron chi connectivity index (χ0n) is 19.7. The van der Waals surface area contributed by atoms with Crippen molar-refractivity contribution in [3.8, 4) is 5.75 Å². The van der Waals surface area contributed by atoms with Crippen LogP contribution in [0.4, 0.5) is 5.82 Å². The fourth-order valence-corrected chi connectivity index (χ4v) is 5.21. The van der Waals surface area contributed by atoms with Gasteiger partial charge < -0.3 is 14.5 Å². The highest BCUT2D eigenvalue weighted by Gasteiger charge is 2.25. The van der Waals surface area contributed by atoms with Crippen LogP contribution in [-0.2, 0) is 10.2 Å². The molecule has 178 valence electrons. The average molecular weight is 480 g/mol. The number of hydrogen-bond acceptors (Lipinski definition) is 8. The van der Waals surface area contributed by atoms with E-state index in [1.54, 1.807) is 17.7 Å². The number of ether oxygens (including phenoxy) is 1. The van der Waals surface area contributed by atoms with Crippen LogP contribution in [0, 0.1) is 0 Å². The summed E-state index contributed by atoms with van der Waals surface area (Å²) in [6.07, 6.45) is 2.77. The monoisotopic (exact) mass is 479 g/mol. The molecule has 0 radical (unpaired) electrons. The standard InChI is InChI=1S/C24H29N7O2S/c1-24(2,3)19-14-16-22(25-15-26-23(16)34-19)31-11-9-30(10-12-31)20(32)8-5-13-33-18-7-4-6-17-21(18)28-29-27-17/h4,6-7,14-15H,5,8-13H2,1-3H3,(H,27,28,29). The number of benzene rings is 1.